The van der Waals surface area contributed by atoms with Crippen LogP contribution in [-0.4, -0.2) is 20.3 Å². The third kappa shape index (κ3) is 2.06. The fourth-order valence-corrected chi connectivity index (χ4v) is 1.57. The fourth-order valence-electron chi connectivity index (χ4n) is 1.57. The van der Waals surface area contributed by atoms with Gasteiger partial charge in [0.2, 0.25) is 5.78 Å². The molecule has 0 aliphatic heterocycles. The van der Waals surface area contributed by atoms with E-state index in [0.717, 1.165) is 0 Å². The van der Waals surface area contributed by atoms with Crippen LogP contribution >= 0.6 is 0 Å². The maximum Gasteiger partial charge on any atom is 0.219 e. The third-order valence-corrected chi connectivity index (χ3v) is 2.47. The number of pyridine rings is 1. The van der Waals surface area contributed by atoms with Gasteiger partial charge in [-0.3, -0.25) is 9.78 Å². The van der Waals surface area contributed by atoms with Gasteiger partial charge in [-0.1, -0.05) is 0 Å². The van der Waals surface area contributed by atoms with Crippen LogP contribution in [0.5, 0.6) is 0 Å². The van der Waals surface area contributed by atoms with Gasteiger partial charge >= 0.3 is 0 Å². The number of imidazole rings is 1. The van der Waals surface area contributed by atoms with E-state index in [-0.39, 0.29) is 11.6 Å². The summed E-state index contributed by atoms with van der Waals surface area (Å²) < 4.78 is 1.61. The largest absolute Gasteiger partial charge is 0.332 e. The Morgan fingerprint density at radius 1 is 1.41 bits per heavy atom. The number of aromatic nitrogens is 3. The highest BCUT2D eigenvalue weighted by Gasteiger charge is 2.24. The fraction of sp³-hybridized carbons (Fsp3) is 0.167. The van der Waals surface area contributed by atoms with Crippen molar-refractivity contribution in [2.45, 2.75) is 5.92 Å². The average Bonchev–Trinajstić information content (AvgIpc) is 2.77. The normalized spacial score (nSPS) is 11.8. The van der Waals surface area contributed by atoms with Crippen LogP contribution < -0.4 is 0 Å². The smallest absolute Gasteiger partial charge is 0.219 e. The molecule has 0 spiro atoms. The van der Waals surface area contributed by atoms with E-state index in [0.29, 0.717) is 5.56 Å². The van der Waals surface area contributed by atoms with Crippen LogP contribution in [0.4, 0.5) is 0 Å². The topological polar surface area (TPSA) is 71.6 Å². The van der Waals surface area contributed by atoms with Crippen molar-refractivity contribution in [2.75, 3.05) is 0 Å². The van der Waals surface area contributed by atoms with Crippen LogP contribution in [0, 0.1) is 11.3 Å². The van der Waals surface area contributed by atoms with Gasteiger partial charge in [-0.15, -0.1) is 0 Å². The third-order valence-electron chi connectivity index (χ3n) is 2.47. The molecule has 0 radical (unpaired) electrons. The summed E-state index contributed by atoms with van der Waals surface area (Å²) in [7, 11) is 1.72. The minimum Gasteiger partial charge on any atom is -0.332 e. The molecule has 0 saturated heterocycles. The van der Waals surface area contributed by atoms with Gasteiger partial charge in [0.15, 0.2) is 5.82 Å². The minimum atomic E-state index is -0.834. The van der Waals surface area contributed by atoms with Crippen LogP contribution in [0.15, 0.2) is 36.9 Å². The number of nitriles is 1. The molecular formula is C12H10N4O. The van der Waals surface area contributed by atoms with Gasteiger partial charge in [0.05, 0.1) is 6.07 Å². The molecule has 2 aromatic heterocycles. The molecule has 2 heterocycles. The van der Waals surface area contributed by atoms with Gasteiger partial charge in [0, 0.05) is 31.8 Å². The van der Waals surface area contributed by atoms with E-state index >= 15 is 0 Å². The lowest BCUT2D eigenvalue weighted by molar-refractivity contribution is 0.0966. The van der Waals surface area contributed by atoms with E-state index in [1.807, 2.05) is 6.07 Å². The van der Waals surface area contributed by atoms with Crippen molar-refractivity contribution in [2.24, 2.45) is 7.05 Å². The molecule has 17 heavy (non-hydrogen) atoms. The molecular weight excluding hydrogens is 216 g/mol. The van der Waals surface area contributed by atoms with Crippen LogP contribution in [-0.2, 0) is 7.05 Å². The first-order valence-corrected chi connectivity index (χ1v) is 5.05. The predicted molar refractivity (Wildman–Crippen MR) is 60.1 cm³/mol. The number of hydrogen-bond acceptors (Lipinski definition) is 4. The number of Topliss-reactive ketones (excluding diaryl/α,β-unsaturated/α-hetero) is 1. The zero-order valence-electron chi connectivity index (χ0n) is 9.24. The highest BCUT2D eigenvalue weighted by Crippen LogP contribution is 2.18. The van der Waals surface area contributed by atoms with Crippen LogP contribution in [0.25, 0.3) is 0 Å². The molecule has 0 fully saturated rings. The van der Waals surface area contributed by atoms with Crippen molar-refractivity contribution >= 4 is 5.78 Å². The van der Waals surface area contributed by atoms with Crippen molar-refractivity contribution in [3.8, 4) is 6.07 Å². The van der Waals surface area contributed by atoms with Crippen molar-refractivity contribution in [1.82, 2.24) is 14.5 Å². The minimum absolute atomic E-state index is 0.286. The van der Waals surface area contributed by atoms with Gasteiger partial charge in [0.25, 0.3) is 0 Å². The highest BCUT2D eigenvalue weighted by molar-refractivity contribution is 6.00. The highest BCUT2D eigenvalue weighted by atomic mass is 16.1. The number of nitrogens with zero attached hydrogens (tertiary/aromatic N) is 4. The molecule has 1 unspecified atom stereocenters. The van der Waals surface area contributed by atoms with Crippen LogP contribution in [0.2, 0.25) is 0 Å². The lowest BCUT2D eigenvalue weighted by Crippen LogP contribution is -2.15. The average molecular weight is 226 g/mol. The second-order valence-electron chi connectivity index (χ2n) is 3.57. The molecule has 2 aromatic rings. The van der Waals surface area contributed by atoms with Crippen molar-refractivity contribution in [1.29, 1.82) is 5.26 Å². The molecule has 0 aliphatic rings. The number of rotatable bonds is 3. The zero-order valence-corrected chi connectivity index (χ0v) is 9.24. The quantitative estimate of drug-likeness (QED) is 0.739. The first-order chi connectivity index (χ1) is 8.24. The SMILES string of the molecule is Cn1ccnc1C(=O)C(C#N)c1ccncc1. The summed E-state index contributed by atoms with van der Waals surface area (Å²) in [5.74, 6) is -0.848. The molecule has 0 saturated carbocycles. The lowest BCUT2D eigenvalue weighted by atomic mass is 9.97. The molecule has 0 aliphatic carbocycles. The Balaban J connectivity index is 2.36. The summed E-state index contributed by atoms with van der Waals surface area (Å²) in [6.07, 6.45) is 6.33. The lowest BCUT2D eigenvalue weighted by Gasteiger charge is -2.07. The number of carbonyl (C=O) groups excluding carboxylic acids is 1. The van der Waals surface area contributed by atoms with E-state index in [2.05, 4.69) is 9.97 Å². The molecule has 2 rings (SSSR count). The molecule has 0 amide bonds. The second kappa shape index (κ2) is 4.58. The van der Waals surface area contributed by atoms with Gasteiger partial charge < -0.3 is 4.57 Å². The Labute approximate surface area is 98.4 Å². The molecule has 84 valence electrons. The molecule has 5 nitrogen and oxygen atoms in total. The van der Waals surface area contributed by atoms with E-state index in [1.54, 1.807) is 42.3 Å². The van der Waals surface area contributed by atoms with Crippen molar-refractivity contribution < 1.29 is 4.79 Å². The van der Waals surface area contributed by atoms with E-state index < -0.39 is 5.92 Å². The van der Waals surface area contributed by atoms with Gasteiger partial charge in [-0.05, 0) is 17.7 Å². The summed E-state index contributed by atoms with van der Waals surface area (Å²) in [6, 6.07) is 5.33. The Bertz CT molecular complexity index is 568. The van der Waals surface area contributed by atoms with Gasteiger partial charge in [-0.2, -0.15) is 5.26 Å². The Kier molecular flexibility index (Phi) is 2.97. The van der Waals surface area contributed by atoms with Crippen LogP contribution in [0.3, 0.4) is 0 Å². The summed E-state index contributed by atoms with van der Waals surface area (Å²) in [5.41, 5.74) is 0.635. The summed E-state index contributed by atoms with van der Waals surface area (Å²) in [5, 5.41) is 9.11. The zero-order chi connectivity index (χ0) is 12.3. The van der Waals surface area contributed by atoms with Gasteiger partial charge in [0.1, 0.15) is 5.92 Å². The maximum atomic E-state index is 12.1. The van der Waals surface area contributed by atoms with Crippen molar-refractivity contribution in [3.63, 3.8) is 0 Å². The second-order valence-corrected chi connectivity index (χ2v) is 3.57. The van der Waals surface area contributed by atoms with Crippen LogP contribution in [0.1, 0.15) is 22.1 Å². The maximum absolute atomic E-state index is 12.1. The first kappa shape index (κ1) is 11.0. The standard InChI is InChI=1S/C12H10N4O/c1-16-7-6-15-12(16)11(17)10(8-13)9-2-4-14-5-3-9/h2-7,10H,1H3. The van der Waals surface area contributed by atoms with E-state index in [4.69, 9.17) is 5.26 Å². The molecule has 1 atom stereocenters. The van der Waals surface area contributed by atoms with E-state index in [1.165, 1.54) is 6.20 Å². The number of hydrogen-bond donors (Lipinski definition) is 0. The molecule has 0 aromatic carbocycles. The number of aryl methyl sites for hydroxylation is 1. The summed E-state index contributed by atoms with van der Waals surface area (Å²) in [4.78, 5) is 19.9. The Morgan fingerprint density at radius 2 is 2.12 bits per heavy atom. The Morgan fingerprint density at radius 3 is 2.65 bits per heavy atom. The molecule has 0 N–H and O–H groups in total. The summed E-state index contributed by atoms with van der Waals surface area (Å²) in [6.45, 7) is 0. The predicted octanol–water partition coefficient (Wildman–Crippen LogP) is 1.31. The van der Waals surface area contributed by atoms with Gasteiger partial charge in [-0.25, -0.2) is 4.98 Å². The number of ketones is 1. The monoisotopic (exact) mass is 226 g/mol. The Hall–Kier alpha value is -2.48. The molecule has 5 heteroatoms. The number of carbonyl (C=O) groups is 1. The summed E-state index contributed by atoms with van der Waals surface area (Å²) >= 11 is 0. The van der Waals surface area contributed by atoms with E-state index in [9.17, 15) is 4.79 Å². The van der Waals surface area contributed by atoms with Crippen molar-refractivity contribution in [3.05, 3.63) is 48.3 Å². The first-order valence-electron chi connectivity index (χ1n) is 5.05. The molecule has 0 bridgehead atoms.